The van der Waals surface area contributed by atoms with Gasteiger partial charge in [0.05, 0.1) is 31.1 Å². The molecule has 2 aliphatic rings. The highest BCUT2D eigenvalue weighted by Gasteiger charge is 2.32. The SMILES string of the molecule is CC(C(=O)c1ccccc1)[NH+]1CC[NH+](CC(O)C[NH+]2CCOCC2)CC1.O=C([O-])/C=C/C(=O)O.O=C([O-])/C=C/C(=O)O.O=C([O-])/C=C/C(=O)O. The van der Waals surface area contributed by atoms with E-state index < -0.39 is 35.8 Å². The number of aliphatic carboxylic acids is 6. The molecule has 2 heterocycles. The molecule has 2 fully saturated rings. The summed E-state index contributed by atoms with van der Waals surface area (Å²) in [6.45, 7) is 11.4. The van der Waals surface area contributed by atoms with Crippen molar-refractivity contribution in [2.75, 3.05) is 65.6 Å². The summed E-state index contributed by atoms with van der Waals surface area (Å²) in [5, 5.41) is 62.1. The second-order valence-corrected chi connectivity index (χ2v) is 10.8. The number of hydrogen-bond acceptors (Lipinski definition) is 12. The first-order valence-corrected chi connectivity index (χ1v) is 15.2. The highest BCUT2D eigenvalue weighted by Crippen LogP contribution is 2.01. The fraction of sp³-hybridized carbons (Fsp3) is 0.406. The van der Waals surface area contributed by atoms with Gasteiger partial charge < -0.3 is 69.6 Å². The lowest BCUT2D eigenvalue weighted by Gasteiger charge is -2.34. The van der Waals surface area contributed by atoms with Crippen molar-refractivity contribution in [1.82, 2.24) is 0 Å². The molecule has 0 aliphatic carbocycles. The lowest BCUT2D eigenvalue weighted by Crippen LogP contribution is -3.30. The van der Waals surface area contributed by atoms with Crippen molar-refractivity contribution in [2.45, 2.75) is 19.1 Å². The Kier molecular flexibility index (Phi) is 23.0. The molecule has 18 nitrogen and oxygen atoms in total. The number of Topliss-reactive ketones (excluding diaryl/α,β-unsaturated/α-hetero) is 1. The van der Waals surface area contributed by atoms with Crippen molar-refractivity contribution in [2.24, 2.45) is 0 Å². The summed E-state index contributed by atoms with van der Waals surface area (Å²) in [5.41, 5.74) is 0.811. The Balaban J connectivity index is 0.000000817. The molecule has 2 unspecified atom stereocenters. The zero-order chi connectivity index (χ0) is 38.1. The van der Waals surface area contributed by atoms with Crippen LogP contribution >= 0.6 is 0 Å². The number of morpholine rings is 1. The number of aliphatic hydroxyl groups excluding tert-OH is 1. The van der Waals surface area contributed by atoms with Crippen molar-refractivity contribution in [3.05, 3.63) is 72.4 Å². The van der Waals surface area contributed by atoms with Gasteiger partial charge in [-0.25, -0.2) is 14.4 Å². The zero-order valence-corrected chi connectivity index (χ0v) is 27.4. The maximum absolute atomic E-state index is 12.6. The van der Waals surface area contributed by atoms with E-state index in [4.69, 9.17) is 20.1 Å². The molecular formula is C32H43N3O15. The van der Waals surface area contributed by atoms with Crippen LogP contribution < -0.4 is 30.0 Å². The predicted molar refractivity (Wildman–Crippen MR) is 164 cm³/mol. The number of aliphatic hydroxyl groups is 1. The number of nitrogens with one attached hydrogen (secondary N) is 3. The van der Waals surface area contributed by atoms with Crippen LogP contribution in [0, 0.1) is 0 Å². The molecule has 0 aromatic heterocycles. The number of piperazine rings is 1. The van der Waals surface area contributed by atoms with Crippen LogP contribution in [-0.2, 0) is 33.5 Å². The molecular weight excluding hydrogens is 666 g/mol. The van der Waals surface area contributed by atoms with E-state index in [9.17, 15) is 54.0 Å². The smallest absolute Gasteiger partial charge is 0.328 e. The molecule has 0 spiro atoms. The standard InChI is InChI=1S/C20H31N3O3.3C4H4O4/c1-17(20(25)18-5-3-2-4-6-18)23-9-7-21(8-10-23)15-19(24)16-22-11-13-26-14-12-22;3*5-3(6)1-2-4(7)8/h2-6,17,19,24H,7-16H2,1H3;3*1-2H,(H,5,6)(H,7,8)/b;3*2-1+. The van der Waals surface area contributed by atoms with E-state index in [-0.39, 0.29) is 17.9 Å². The Morgan fingerprint density at radius 3 is 1.38 bits per heavy atom. The molecule has 2 saturated heterocycles. The molecule has 1 aromatic rings. The second-order valence-electron chi connectivity index (χ2n) is 10.8. The number of ether oxygens (including phenoxy) is 1. The summed E-state index contributed by atoms with van der Waals surface area (Å²) in [6, 6.07) is 9.61. The number of rotatable bonds is 13. The average molecular weight is 710 g/mol. The highest BCUT2D eigenvalue weighted by atomic mass is 16.5. The summed E-state index contributed by atoms with van der Waals surface area (Å²) in [5.74, 6) is -8.18. The summed E-state index contributed by atoms with van der Waals surface area (Å²) >= 11 is 0. The van der Waals surface area contributed by atoms with E-state index in [1.54, 1.807) is 0 Å². The van der Waals surface area contributed by atoms with Crippen molar-refractivity contribution >= 4 is 41.6 Å². The lowest BCUT2D eigenvalue weighted by molar-refractivity contribution is -1.02. The number of quaternary nitrogens is 3. The van der Waals surface area contributed by atoms with Crippen LogP contribution in [0.15, 0.2) is 66.8 Å². The Hall–Kier alpha value is -5.27. The van der Waals surface area contributed by atoms with Gasteiger partial charge in [-0.3, -0.25) is 4.79 Å². The molecule has 50 heavy (non-hydrogen) atoms. The number of benzene rings is 1. The quantitative estimate of drug-likeness (QED) is 0.0739. The number of carboxylic acids is 6. The first kappa shape index (κ1) is 44.7. The van der Waals surface area contributed by atoms with Crippen LogP contribution in [0.25, 0.3) is 0 Å². The zero-order valence-electron chi connectivity index (χ0n) is 27.4. The van der Waals surface area contributed by atoms with Gasteiger partial charge in [0.15, 0.2) is 6.10 Å². The fourth-order valence-corrected chi connectivity index (χ4v) is 4.62. The largest absolute Gasteiger partial charge is 0.545 e. The first-order valence-electron chi connectivity index (χ1n) is 15.2. The Labute approximate surface area is 287 Å². The van der Waals surface area contributed by atoms with Crippen LogP contribution in [0.5, 0.6) is 0 Å². The molecule has 18 heteroatoms. The van der Waals surface area contributed by atoms with E-state index in [2.05, 4.69) is 0 Å². The van der Waals surface area contributed by atoms with Gasteiger partial charge in [-0.1, -0.05) is 30.3 Å². The average Bonchev–Trinajstić information content (AvgIpc) is 3.07. The second kappa shape index (κ2) is 25.7. The molecule has 0 bridgehead atoms. The van der Waals surface area contributed by atoms with Gasteiger partial charge in [-0.05, 0) is 25.2 Å². The molecule has 7 N–H and O–H groups in total. The van der Waals surface area contributed by atoms with Gasteiger partial charge in [0.2, 0.25) is 5.78 Å². The van der Waals surface area contributed by atoms with Gasteiger partial charge in [0.25, 0.3) is 0 Å². The molecule has 0 radical (unpaired) electrons. The van der Waals surface area contributed by atoms with Gasteiger partial charge in [-0.2, -0.15) is 0 Å². The third kappa shape index (κ3) is 24.0. The first-order chi connectivity index (χ1) is 23.5. The Morgan fingerprint density at radius 2 is 1.04 bits per heavy atom. The monoisotopic (exact) mass is 709 g/mol. The summed E-state index contributed by atoms with van der Waals surface area (Å²) < 4.78 is 5.38. The van der Waals surface area contributed by atoms with Crippen LogP contribution in [0.2, 0.25) is 0 Å². The van der Waals surface area contributed by atoms with Crippen LogP contribution in [-0.4, -0.2) is 140 Å². The van der Waals surface area contributed by atoms with Crippen molar-refractivity contribution in [3.63, 3.8) is 0 Å². The third-order valence-corrected chi connectivity index (χ3v) is 7.00. The normalized spacial score (nSPS) is 18.6. The van der Waals surface area contributed by atoms with Crippen LogP contribution in [0.1, 0.15) is 17.3 Å². The van der Waals surface area contributed by atoms with Gasteiger partial charge in [0.1, 0.15) is 58.4 Å². The topological polar surface area (TPSA) is 292 Å². The summed E-state index contributed by atoms with van der Waals surface area (Å²) in [7, 11) is 0. The molecule has 0 amide bonds. The van der Waals surface area contributed by atoms with Gasteiger partial charge >= 0.3 is 17.9 Å². The van der Waals surface area contributed by atoms with E-state index in [0.29, 0.717) is 36.5 Å². The number of carbonyl (C=O) groups is 7. The molecule has 276 valence electrons. The van der Waals surface area contributed by atoms with Crippen LogP contribution in [0.4, 0.5) is 0 Å². The maximum Gasteiger partial charge on any atom is 0.328 e. The lowest BCUT2D eigenvalue weighted by atomic mass is 10.0. The number of hydrogen-bond donors (Lipinski definition) is 7. The molecule has 2 atom stereocenters. The van der Waals surface area contributed by atoms with Crippen molar-refractivity contribution in [1.29, 1.82) is 0 Å². The van der Waals surface area contributed by atoms with E-state index >= 15 is 0 Å². The van der Waals surface area contributed by atoms with E-state index in [1.807, 2.05) is 37.3 Å². The third-order valence-electron chi connectivity index (χ3n) is 7.00. The summed E-state index contributed by atoms with van der Waals surface area (Å²) in [4.78, 5) is 73.8. The minimum Gasteiger partial charge on any atom is -0.545 e. The van der Waals surface area contributed by atoms with Gasteiger partial charge in [0, 0.05) is 23.8 Å². The minimum absolute atomic E-state index is 0.00154. The highest BCUT2D eigenvalue weighted by molar-refractivity contribution is 5.98. The molecule has 1 aromatic carbocycles. The Bertz CT molecular complexity index is 1200. The molecule has 2 aliphatic heterocycles. The molecule has 0 saturated carbocycles. The molecule has 3 rings (SSSR count). The van der Waals surface area contributed by atoms with E-state index in [1.165, 1.54) is 14.7 Å². The number of carboxylic acid groups (broad SMARTS) is 6. The predicted octanol–water partition coefficient (Wildman–Crippen LogP) is -8.55. The number of carbonyl (C=O) groups excluding carboxylic acids is 4. The van der Waals surface area contributed by atoms with Crippen molar-refractivity contribution in [3.8, 4) is 0 Å². The Morgan fingerprint density at radius 1 is 0.660 bits per heavy atom. The van der Waals surface area contributed by atoms with Crippen molar-refractivity contribution < 1.29 is 88.7 Å². The maximum atomic E-state index is 12.6. The fourth-order valence-electron chi connectivity index (χ4n) is 4.62. The van der Waals surface area contributed by atoms with Gasteiger partial charge in [-0.15, -0.1) is 0 Å². The van der Waals surface area contributed by atoms with E-state index in [0.717, 1.165) is 71.1 Å². The summed E-state index contributed by atoms with van der Waals surface area (Å²) in [6.07, 6.45) is 2.58. The minimum atomic E-state index is -1.51. The van der Waals surface area contributed by atoms with Crippen LogP contribution in [0.3, 0.4) is 0 Å². The number of ketones is 1.